The summed E-state index contributed by atoms with van der Waals surface area (Å²) in [6.07, 6.45) is 3.64. The maximum atomic E-state index is 3.83. The summed E-state index contributed by atoms with van der Waals surface area (Å²) >= 11 is 0. The Hall–Kier alpha value is -0.725. The minimum Gasteiger partial charge on any atom is -0.276 e. The normalized spacial score (nSPS) is 7.57. The third kappa shape index (κ3) is 1.44. The Morgan fingerprint density at radius 2 is 2.29 bits per heavy atom. The fourth-order valence-corrected chi connectivity index (χ4v) is 0.345. The van der Waals surface area contributed by atoms with E-state index in [0.29, 0.717) is 0 Å². The molecule has 35 valence electrons. The second-order valence-electron chi connectivity index (χ2n) is 1.18. The van der Waals surface area contributed by atoms with Crippen molar-refractivity contribution in [3.8, 4) is 0 Å². The number of aromatic nitrogens is 2. The van der Waals surface area contributed by atoms with Gasteiger partial charge in [0.25, 0.3) is 0 Å². The van der Waals surface area contributed by atoms with Crippen LogP contribution in [0.5, 0.6) is 0 Å². The van der Waals surface area contributed by atoms with Crippen LogP contribution in [0.3, 0.4) is 0 Å². The first-order valence-corrected chi connectivity index (χ1v) is 1.83. The number of rotatable bonds is 0. The largest absolute Gasteiger partial charge is 0.276 e. The van der Waals surface area contributed by atoms with Crippen LogP contribution >= 0.6 is 0 Å². The van der Waals surface area contributed by atoms with Crippen LogP contribution in [-0.4, -0.2) is 18.2 Å². The van der Waals surface area contributed by atoms with E-state index in [1.807, 2.05) is 19.3 Å². The summed E-state index contributed by atoms with van der Waals surface area (Å²) in [7, 11) is 1.89. The highest BCUT2D eigenvalue weighted by atomic mass is 15.2. The minimum absolute atomic E-state index is 0. The average molecular weight is 92.9 g/mol. The molecule has 3 radical (unpaired) electrons. The molecule has 0 amide bonds. The molecule has 0 spiro atoms. The predicted molar refractivity (Wildman–Crippen MR) is 29.0 cm³/mol. The molecule has 1 heterocycles. The predicted octanol–water partition coefficient (Wildman–Crippen LogP) is 0.0393. The van der Waals surface area contributed by atoms with Crippen LogP contribution in [-0.2, 0) is 7.05 Å². The van der Waals surface area contributed by atoms with E-state index in [-0.39, 0.29) is 8.41 Å². The highest BCUT2D eigenvalue weighted by Crippen LogP contribution is 1.73. The Morgan fingerprint density at radius 1 is 1.57 bits per heavy atom. The van der Waals surface area contributed by atoms with Crippen molar-refractivity contribution in [1.29, 1.82) is 0 Å². The van der Waals surface area contributed by atoms with Gasteiger partial charge in [-0.25, -0.2) is 0 Å². The van der Waals surface area contributed by atoms with Crippen LogP contribution in [0.25, 0.3) is 0 Å². The van der Waals surface area contributed by atoms with Crippen LogP contribution in [0.4, 0.5) is 0 Å². The van der Waals surface area contributed by atoms with Gasteiger partial charge in [0.1, 0.15) is 0 Å². The molecular weight excluding hydrogens is 86.9 g/mol. The molecule has 0 bridgehead atoms. The van der Waals surface area contributed by atoms with Crippen LogP contribution in [0.15, 0.2) is 18.5 Å². The van der Waals surface area contributed by atoms with Crippen LogP contribution in [0.1, 0.15) is 0 Å². The van der Waals surface area contributed by atoms with Crippen molar-refractivity contribution in [3.05, 3.63) is 18.5 Å². The third-order valence-electron chi connectivity index (χ3n) is 0.637. The van der Waals surface area contributed by atoms with Gasteiger partial charge in [-0.3, -0.25) is 4.68 Å². The van der Waals surface area contributed by atoms with Crippen molar-refractivity contribution in [1.82, 2.24) is 9.78 Å². The Labute approximate surface area is 44.7 Å². The highest BCUT2D eigenvalue weighted by molar-refractivity contribution is 5.75. The first kappa shape index (κ1) is 6.27. The van der Waals surface area contributed by atoms with Crippen molar-refractivity contribution in [3.63, 3.8) is 0 Å². The topological polar surface area (TPSA) is 17.8 Å². The van der Waals surface area contributed by atoms with E-state index in [1.165, 1.54) is 0 Å². The van der Waals surface area contributed by atoms with E-state index in [9.17, 15) is 0 Å². The lowest BCUT2D eigenvalue weighted by Gasteiger charge is -1.77. The Morgan fingerprint density at radius 3 is 2.43 bits per heavy atom. The van der Waals surface area contributed by atoms with Gasteiger partial charge in [0.15, 0.2) is 0 Å². The summed E-state index contributed by atoms with van der Waals surface area (Å²) in [6.45, 7) is 0. The SMILES string of the molecule is Cn1cccn1.[B]. The van der Waals surface area contributed by atoms with Gasteiger partial charge in [-0.15, -0.1) is 0 Å². The van der Waals surface area contributed by atoms with Gasteiger partial charge < -0.3 is 0 Å². The molecular formula is C4H6BN2. The quantitative estimate of drug-likeness (QED) is 0.414. The summed E-state index contributed by atoms with van der Waals surface area (Å²) in [5, 5.41) is 3.83. The van der Waals surface area contributed by atoms with Crippen molar-refractivity contribution in [2.75, 3.05) is 0 Å². The molecule has 0 saturated carbocycles. The van der Waals surface area contributed by atoms with Gasteiger partial charge in [-0.1, -0.05) is 0 Å². The molecule has 0 aromatic carbocycles. The van der Waals surface area contributed by atoms with E-state index in [0.717, 1.165) is 0 Å². The van der Waals surface area contributed by atoms with Crippen molar-refractivity contribution in [2.45, 2.75) is 0 Å². The van der Waals surface area contributed by atoms with Gasteiger partial charge in [-0.2, -0.15) is 5.10 Å². The Balaban J connectivity index is 0.000000360. The molecule has 1 aromatic rings. The molecule has 0 fully saturated rings. The van der Waals surface area contributed by atoms with E-state index >= 15 is 0 Å². The minimum atomic E-state index is 0. The maximum absolute atomic E-state index is 3.83. The number of hydrogen-bond acceptors (Lipinski definition) is 1. The van der Waals surface area contributed by atoms with E-state index in [4.69, 9.17) is 0 Å². The molecule has 1 aromatic heterocycles. The van der Waals surface area contributed by atoms with Gasteiger partial charge >= 0.3 is 0 Å². The number of nitrogens with zero attached hydrogens (tertiary/aromatic N) is 2. The van der Waals surface area contributed by atoms with Crippen molar-refractivity contribution in [2.24, 2.45) is 7.05 Å². The molecule has 0 aliphatic carbocycles. The Bertz CT molecular complexity index is 113. The fourth-order valence-electron chi connectivity index (χ4n) is 0.345. The summed E-state index contributed by atoms with van der Waals surface area (Å²) in [5.41, 5.74) is 0. The van der Waals surface area contributed by atoms with Crippen LogP contribution in [0.2, 0.25) is 0 Å². The molecule has 1 rings (SSSR count). The third-order valence-corrected chi connectivity index (χ3v) is 0.637. The summed E-state index contributed by atoms with van der Waals surface area (Å²) in [6, 6.07) is 1.89. The summed E-state index contributed by atoms with van der Waals surface area (Å²) in [5.74, 6) is 0. The molecule has 7 heavy (non-hydrogen) atoms. The molecule has 2 nitrogen and oxygen atoms in total. The fraction of sp³-hybridized carbons (Fsp3) is 0.250. The molecule has 0 aliphatic rings. The van der Waals surface area contributed by atoms with Gasteiger partial charge in [-0.05, 0) is 6.07 Å². The lowest BCUT2D eigenvalue weighted by atomic mass is 10.8. The molecule has 0 atom stereocenters. The second-order valence-corrected chi connectivity index (χ2v) is 1.18. The zero-order chi connectivity index (χ0) is 4.41. The number of aryl methyl sites for hydroxylation is 1. The lowest BCUT2D eigenvalue weighted by molar-refractivity contribution is 0.768. The van der Waals surface area contributed by atoms with Gasteiger partial charge in [0.05, 0.1) is 0 Å². The highest BCUT2D eigenvalue weighted by Gasteiger charge is 1.69. The zero-order valence-corrected chi connectivity index (χ0v) is 4.20. The smallest absolute Gasteiger partial charge is 0.0489 e. The van der Waals surface area contributed by atoms with E-state index < -0.39 is 0 Å². The summed E-state index contributed by atoms with van der Waals surface area (Å²) in [4.78, 5) is 0. The van der Waals surface area contributed by atoms with E-state index in [1.54, 1.807) is 10.9 Å². The standard InChI is InChI=1S/C4H6N2.B/c1-6-4-2-3-5-6;/h2-4H,1H3;. The van der Waals surface area contributed by atoms with Crippen LogP contribution < -0.4 is 0 Å². The molecule has 0 saturated heterocycles. The van der Waals surface area contributed by atoms with Crippen molar-refractivity contribution < 1.29 is 0 Å². The van der Waals surface area contributed by atoms with Gasteiger partial charge in [0, 0.05) is 27.9 Å². The first-order chi connectivity index (χ1) is 2.89. The monoisotopic (exact) mass is 93.1 g/mol. The van der Waals surface area contributed by atoms with Crippen molar-refractivity contribution >= 4 is 8.41 Å². The van der Waals surface area contributed by atoms with Gasteiger partial charge in [0.2, 0.25) is 0 Å². The summed E-state index contributed by atoms with van der Waals surface area (Å²) < 4.78 is 1.75. The average Bonchev–Trinajstić information content (AvgIpc) is 1.86. The van der Waals surface area contributed by atoms with Crippen LogP contribution in [0, 0.1) is 0 Å². The second kappa shape index (κ2) is 2.45. The molecule has 0 N–H and O–H groups in total. The zero-order valence-electron chi connectivity index (χ0n) is 4.20. The first-order valence-electron chi connectivity index (χ1n) is 1.83. The molecule has 0 unspecified atom stereocenters. The Kier molecular flexibility index (Phi) is 2.19. The number of hydrogen-bond donors (Lipinski definition) is 0. The molecule has 0 aliphatic heterocycles. The maximum Gasteiger partial charge on any atom is 0.0489 e. The van der Waals surface area contributed by atoms with E-state index in [2.05, 4.69) is 5.10 Å². The lowest BCUT2D eigenvalue weighted by Crippen LogP contribution is -1.83. The molecule has 3 heteroatoms.